The Bertz CT molecular complexity index is 1460. The van der Waals surface area contributed by atoms with E-state index >= 15 is 0 Å². The van der Waals surface area contributed by atoms with Crippen molar-refractivity contribution in [2.75, 3.05) is 31.6 Å². The molecule has 0 spiro atoms. The molecule has 2 amide bonds. The molecule has 232 valence electrons. The van der Waals surface area contributed by atoms with Gasteiger partial charge in [-0.2, -0.15) is 0 Å². The molecule has 0 aliphatic rings. The van der Waals surface area contributed by atoms with Crippen molar-refractivity contribution in [2.45, 2.75) is 63.9 Å². The lowest BCUT2D eigenvalue weighted by molar-refractivity contribution is -0.139. The summed E-state index contributed by atoms with van der Waals surface area (Å²) in [6.07, 6.45) is 1.58. The Balaban J connectivity index is 2.10. The number of benzene rings is 3. The molecule has 9 nitrogen and oxygen atoms in total. The van der Waals surface area contributed by atoms with Gasteiger partial charge in [0.15, 0.2) is 0 Å². The van der Waals surface area contributed by atoms with Crippen molar-refractivity contribution >= 4 is 27.5 Å². The van der Waals surface area contributed by atoms with Crippen molar-refractivity contribution in [3.63, 3.8) is 0 Å². The van der Waals surface area contributed by atoms with Crippen LogP contribution in [-0.2, 0) is 26.0 Å². The number of ether oxygens (including phenoxy) is 2. The van der Waals surface area contributed by atoms with E-state index in [9.17, 15) is 18.0 Å². The van der Waals surface area contributed by atoms with Crippen LogP contribution in [-0.4, -0.2) is 64.5 Å². The standard InChI is InChI=1S/C33H43N3O6S/c1-7-25(4)34-33(38)29(8-2)35(21-20-26-12-10-9-11-13-26)32(37)23-36(30-22-27(41-5)16-19-31(30)42-6)43(39,40)28-17-14-24(3)15-18-28/h9-19,22,25,29H,7-8,20-21,23H2,1-6H3,(H,34,38)/t25-,29+/m0/s1. The Morgan fingerprint density at radius 3 is 2.16 bits per heavy atom. The zero-order valence-electron chi connectivity index (χ0n) is 25.9. The number of nitrogens with one attached hydrogen (secondary N) is 1. The number of carbonyl (C=O) groups excluding carboxylic acids is 2. The van der Waals surface area contributed by atoms with Crippen LogP contribution in [0.1, 0.15) is 44.7 Å². The summed E-state index contributed by atoms with van der Waals surface area (Å²) in [5.41, 5.74) is 2.04. The fourth-order valence-corrected chi connectivity index (χ4v) is 6.10. The third-order valence-corrected chi connectivity index (χ3v) is 9.19. The minimum Gasteiger partial charge on any atom is -0.497 e. The molecule has 0 bridgehead atoms. The Morgan fingerprint density at radius 2 is 1.58 bits per heavy atom. The van der Waals surface area contributed by atoms with E-state index < -0.39 is 28.5 Å². The van der Waals surface area contributed by atoms with Gasteiger partial charge in [0, 0.05) is 18.7 Å². The number of aryl methyl sites for hydroxylation is 1. The van der Waals surface area contributed by atoms with Crippen molar-refractivity contribution in [1.29, 1.82) is 0 Å². The number of sulfonamides is 1. The first-order valence-corrected chi connectivity index (χ1v) is 15.9. The van der Waals surface area contributed by atoms with E-state index in [0.29, 0.717) is 18.6 Å². The zero-order valence-corrected chi connectivity index (χ0v) is 26.7. The molecule has 0 heterocycles. The van der Waals surface area contributed by atoms with Crippen LogP contribution in [0.4, 0.5) is 5.69 Å². The van der Waals surface area contributed by atoms with E-state index in [1.54, 1.807) is 24.3 Å². The first-order chi connectivity index (χ1) is 20.5. The fourth-order valence-electron chi connectivity index (χ4n) is 4.68. The Morgan fingerprint density at radius 1 is 0.907 bits per heavy atom. The molecule has 43 heavy (non-hydrogen) atoms. The molecule has 0 aromatic heterocycles. The molecular formula is C33H43N3O6S. The van der Waals surface area contributed by atoms with Gasteiger partial charge in [-0.05, 0) is 62.9 Å². The van der Waals surface area contributed by atoms with E-state index in [4.69, 9.17) is 9.47 Å². The van der Waals surface area contributed by atoms with Gasteiger partial charge in [0.2, 0.25) is 11.8 Å². The zero-order chi connectivity index (χ0) is 31.6. The number of hydrogen-bond acceptors (Lipinski definition) is 6. The molecule has 0 aliphatic heterocycles. The lowest BCUT2D eigenvalue weighted by Crippen LogP contribution is -2.54. The first kappa shape index (κ1) is 33.5. The van der Waals surface area contributed by atoms with Crippen molar-refractivity contribution in [2.24, 2.45) is 0 Å². The van der Waals surface area contributed by atoms with Gasteiger partial charge >= 0.3 is 0 Å². The molecule has 0 aliphatic carbocycles. The average Bonchev–Trinajstić information content (AvgIpc) is 3.01. The van der Waals surface area contributed by atoms with Crippen LogP contribution < -0.4 is 19.1 Å². The number of amides is 2. The Kier molecular flexibility index (Phi) is 12.0. The summed E-state index contributed by atoms with van der Waals surface area (Å²) >= 11 is 0. The monoisotopic (exact) mass is 609 g/mol. The van der Waals surface area contributed by atoms with Crippen LogP contribution >= 0.6 is 0 Å². The van der Waals surface area contributed by atoms with E-state index in [1.807, 2.05) is 58.0 Å². The summed E-state index contributed by atoms with van der Waals surface area (Å²) in [5.74, 6) is -0.137. The fraction of sp³-hybridized carbons (Fsp3) is 0.394. The minimum atomic E-state index is -4.25. The first-order valence-electron chi connectivity index (χ1n) is 14.5. The highest BCUT2D eigenvalue weighted by atomic mass is 32.2. The van der Waals surface area contributed by atoms with Gasteiger partial charge < -0.3 is 19.7 Å². The molecule has 0 saturated carbocycles. The molecule has 0 fully saturated rings. The summed E-state index contributed by atoms with van der Waals surface area (Å²) in [4.78, 5) is 29.2. The second-order valence-electron chi connectivity index (χ2n) is 10.4. The molecule has 0 radical (unpaired) electrons. The summed E-state index contributed by atoms with van der Waals surface area (Å²) in [6, 6.07) is 20.0. The highest BCUT2D eigenvalue weighted by Crippen LogP contribution is 2.36. The predicted octanol–water partition coefficient (Wildman–Crippen LogP) is 4.97. The smallest absolute Gasteiger partial charge is 0.264 e. The molecule has 3 rings (SSSR count). The molecule has 1 N–H and O–H groups in total. The summed E-state index contributed by atoms with van der Waals surface area (Å²) < 4.78 is 40.3. The van der Waals surface area contributed by atoms with Gasteiger partial charge in [-0.15, -0.1) is 0 Å². The molecular weight excluding hydrogens is 566 g/mol. The minimum absolute atomic E-state index is 0.0214. The topological polar surface area (TPSA) is 105 Å². The lowest BCUT2D eigenvalue weighted by Gasteiger charge is -2.34. The normalized spacial score (nSPS) is 12.6. The van der Waals surface area contributed by atoms with E-state index in [-0.39, 0.29) is 34.8 Å². The van der Waals surface area contributed by atoms with Gasteiger partial charge in [0.25, 0.3) is 10.0 Å². The highest BCUT2D eigenvalue weighted by Gasteiger charge is 2.35. The van der Waals surface area contributed by atoms with E-state index in [0.717, 1.165) is 21.9 Å². The number of nitrogens with zero attached hydrogens (tertiary/aromatic N) is 2. The largest absolute Gasteiger partial charge is 0.497 e. The number of hydrogen-bond donors (Lipinski definition) is 1. The summed E-state index contributed by atoms with van der Waals surface area (Å²) in [5, 5.41) is 2.99. The van der Waals surface area contributed by atoms with Gasteiger partial charge in [0.1, 0.15) is 24.1 Å². The third kappa shape index (κ3) is 8.50. The number of anilines is 1. The van der Waals surface area contributed by atoms with Crippen LogP contribution in [0.15, 0.2) is 77.7 Å². The third-order valence-electron chi connectivity index (χ3n) is 7.41. The Hall–Kier alpha value is -4.05. The molecule has 2 atom stereocenters. The second-order valence-corrected chi connectivity index (χ2v) is 12.3. The number of rotatable bonds is 15. The highest BCUT2D eigenvalue weighted by molar-refractivity contribution is 7.92. The SMILES string of the molecule is CC[C@H](C(=O)N[C@@H](C)CC)N(CCc1ccccc1)C(=O)CN(c1cc(OC)ccc1OC)S(=O)(=O)c1ccc(C)cc1. The maximum atomic E-state index is 14.3. The van der Waals surface area contributed by atoms with Crippen molar-refractivity contribution in [3.05, 3.63) is 83.9 Å². The average molecular weight is 610 g/mol. The van der Waals surface area contributed by atoms with Gasteiger partial charge in [0.05, 0.1) is 24.8 Å². The molecule has 10 heteroatoms. The summed E-state index contributed by atoms with van der Waals surface area (Å²) in [7, 11) is -1.34. The van der Waals surface area contributed by atoms with E-state index in [1.165, 1.54) is 37.3 Å². The second kappa shape index (κ2) is 15.4. The Labute approximate surface area is 255 Å². The quantitative estimate of drug-likeness (QED) is 0.261. The van der Waals surface area contributed by atoms with Crippen molar-refractivity contribution in [3.8, 4) is 11.5 Å². The molecule has 0 saturated heterocycles. The van der Waals surface area contributed by atoms with Crippen molar-refractivity contribution in [1.82, 2.24) is 10.2 Å². The lowest BCUT2D eigenvalue weighted by atomic mass is 10.1. The predicted molar refractivity (Wildman–Crippen MR) is 169 cm³/mol. The van der Waals surface area contributed by atoms with Crippen LogP contribution in [0.5, 0.6) is 11.5 Å². The van der Waals surface area contributed by atoms with Crippen molar-refractivity contribution < 1.29 is 27.5 Å². The van der Waals surface area contributed by atoms with Crippen LogP contribution in [0, 0.1) is 6.92 Å². The summed E-state index contributed by atoms with van der Waals surface area (Å²) in [6.45, 7) is 7.26. The van der Waals surface area contributed by atoms with Crippen LogP contribution in [0.25, 0.3) is 0 Å². The van der Waals surface area contributed by atoms with Gasteiger partial charge in [-0.25, -0.2) is 8.42 Å². The molecule has 3 aromatic carbocycles. The van der Waals surface area contributed by atoms with Crippen LogP contribution in [0.2, 0.25) is 0 Å². The van der Waals surface area contributed by atoms with E-state index in [2.05, 4.69) is 5.32 Å². The van der Waals surface area contributed by atoms with Gasteiger partial charge in [-0.1, -0.05) is 61.9 Å². The maximum absolute atomic E-state index is 14.3. The molecule has 0 unspecified atom stereocenters. The number of carbonyl (C=O) groups is 2. The van der Waals surface area contributed by atoms with Gasteiger partial charge in [-0.3, -0.25) is 13.9 Å². The maximum Gasteiger partial charge on any atom is 0.264 e. The molecule has 3 aromatic rings. The number of methoxy groups -OCH3 is 2. The van der Waals surface area contributed by atoms with Crippen LogP contribution in [0.3, 0.4) is 0 Å².